The highest BCUT2D eigenvalue weighted by Gasteiger charge is 2.36. The third-order valence-electron chi connectivity index (χ3n) is 1.10. The maximum Gasteiger partial charge on any atom is 0.0758 e. The minimum Gasteiger partial charge on any atom is -0.374 e. The SMILES string of the molecule is CC(C)OC1CC1Cl. The van der Waals surface area contributed by atoms with Crippen molar-refractivity contribution < 1.29 is 4.74 Å². The summed E-state index contributed by atoms with van der Waals surface area (Å²) in [7, 11) is 0. The van der Waals surface area contributed by atoms with Crippen molar-refractivity contribution in [3.63, 3.8) is 0 Å². The van der Waals surface area contributed by atoms with Crippen LogP contribution in [0.1, 0.15) is 20.3 Å². The second-order valence-electron chi connectivity index (χ2n) is 2.47. The van der Waals surface area contributed by atoms with Gasteiger partial charge in [0.1, 0.15) is 0 Å². The Labute approximate surface area is 55.0 Å². The molecule has 0 amide bonds. The zero-order valence-electron chi connectivity index (χ0n) is 5.23. The molecule has 0 spiro atoms. The summed E-state index contributed by atoms with van der Waals surface area (Å²) in [5.74, 6) is 0. The van der Waals surface area contributed by atoms with E-state index in [2.05, 4.69) is 0 Å². The molecule has 0 heterocycles. The molecule has 2 unspecified atom stereocenters. The minimum atomic E-state index is 0.303. The van der Waals surface area contributed by atoms with E-state index in [0.717, 1.165) is 6.42 Å². The fourth-order valence-corrected chi connectivity index (χ4v) is 0.869. The Hall–Kier alpha value is 0.250. The van der Waals surface area contributed by atoms with E-state index in [1.165, 1.54) is 0 Å². The maximum atomic E-state index is 5.67. The number of hydrogen-bond acceptors (Lipinski definition) is 1. The summed E-state index contributed by atoms with van der Waals surface area (Å²) in [5.41, 5.74) is 0. The molecule has 0 aromatic rings. The molecule has 1 aliphatic rings. The summed E-state index contributed by atoms with van der Waals surface area (Å²) in [6, 6.07) is 0. The molecule has 48 valence electrons. The van der Waals surface area contributed by atoms with Crippen molar-refractivity contribution >= 4 is 11.6 Å². The number of halogens is 1. The van der Waals surface area contributed by atoms with Gasteiger partial charge < -0.3 is 4.74 Å². The molecular formula is C6H11ClO. The van der Waals surface area contributed by atoms with Gasteiger partial charge in [-0.2, -0.15) is 0 Å². The van der Waals surface area contributed by atoms with Crippen LogP contribution in [0.3, 0.4) is 0 Å². The molecule has 0 aromatic heterocycles. The number of alkyl halides is 1. The van der Waals surface area contributed by atoms with Crippen LogP contribution < -0.4 is 0 Å². The van der Waals surface area contributed by atoms with Crippen molar-refractivity contribution in [2.45, 2.75) is 37.9 Å². The summed E-state index contributed by atoms with van der Waals surface area (Å²) < 4.78 is 5.34. The lowest BCUT2D eigenvalue weighted by atomic mass is 10.5. The van der Waals surface area contributed by atoms with Crippen LogP contribution in [0.25, 0.3) is 0 Å². The summed E-state index contributed by atoms with van der Waals surface area (Å²) in [4.78, 5) is 0. The maximum absolute atomic E-state index is 5.67. The molecule has 0 radical (unpaired) electrons. The van der Waals surface area contributed by atoms with Gasteiger partial charge in [-0.15, -0.1) is 11.6 Å². The summed E-state index contributed by atoms with van der Waals surface area (Å²) >= 11 is 5.67. The minimum absolute atomic E-state index is 0.303. The normalized spacial score (nSPS) is 36.0. The lowest BCUT2D eigenvalue weighted by Gasteiger charge is -2.03. The van der Waals surface area contributed by atoms with Gasteiger partial charge in [-0.1, -0.05) is 0 Å². The molecule has 1 saturated carbocycles. The molecule has 1 fully saturated rings. The summed E-state index contributed by atoms with van der Waals surface area (Å²) in [6.45, 7) is 4.06. The second kappa shape index (κ2) is 2.24. The Kier molecular flexibility index (Phi) is 1.78. The summed E-state index contributed by atoms with van der Waals surface area (Å²) in [5, 5.41) is 0.303. The van der Waals surface area contributed by atoms with Crippen LogP contribution in [-0.4, -0.2) is 17.6 Å². The standard InChI is InChI=1S/C6H11ClO/c1-4(2)8-6-3-5(6)7/h4-6H,3H2,1-2H3. The molecule has 0 bridgehead atoms. The van der Waals surface area contributed by atoms with Crippen LogP contribution in [0, 0.1) is 0 Å². The van der Waals surface area contributed by atoms with E-state index in [1.807, 2.05) is 13.8 Å². The molecular weight excluding hydrogens is 124 g/mol. The first-order valence-electron chi connectivity index (χ1n) is 2.99. The van der Waals surface area contributed by atoms with Crippen LogP contribution in [0.5, 0.6) is 0 Å². The second-order valence-corrected chi connectivity index (χ2v) is 3.04. The fourth-order valence-electron chi connectivity index (χ4n) is 0.634. The molecule has 8 heavy (non-hydrogen) atoms. The average Bonchev–Trinajstić information content (AvgIpc) is 2.17. The van der Waals surface area contributed by atoms with Crippen molar-refractivity contribution in [1.29, 1.82) is 0 Å². The van der Waals surface area contributed by atoms with Gasteiger partial charge >= 0.3 is 0 Å². The van der Waals surface area contributed by atoms with E-state index in [0.29, 0.717) is 17.6 Å². The largest absolute Gasteiger partial charge is 0.374 e. The van der Waals surface area contributed by atoms with Gasteiger partial charge in [0.2, 0.25) is 0 Å². The van der Waals surface area contributed by atoms with Crippen LogP contribution in [0.4, 0.5) is 0 Å². The number of rotatable bonds is 2. The smallest absolute Gasteiger partial charge is 0.0758 e. The lowest BCUT2D eigenvalue weighted by molar-refractivity contribution is 0.0656. The fraction of sp³-hybridized carbons (Fsp3) is 1.00. The predicted octanol–water partition coefficient (Wildman–Crippen LogP) is 1.79. The Morgan fingerprint density at radius 2 is 2.12 bits per heavy atom. The molecule has 1 nitrogen and oxygen atoms in total. The summed E-state index contributed by atoms with van der Waals surface area (Å²) in [6.07, 6.45) is 1.74. The molecule has 1 rings (SSSR count). The first-order valence-corrected chi connectivity index (χ1v) is 3.43. The van der Waals surface area contributed by atoms with Crippen molar-refractivity contribution in [2.24, 2.45) is 0 Å². The van der Waals surface area contributed by atoms with Gasteiger partial charge in [-0.05, 0) is 20.3 Å². The van der Waals surface area contributed by atoms with Crippen molar-refractivity contribution in [1.82, 2.24) is 0 Å². The van der Waals surface area contributed by atoms with Crippen LogP contribution in [0.2, 0.25) is 0 Å². The van der Waals surface area contributed by atoms with Gasteiger partial charge in [0.25, 0.3) is 0 Å². The van der Waals surface area contributed by atoms with Crippen LogP contribution >= 0.6 is 11.6 Å². The zero-order valence-corrected chi connectivity index (χ0v) is 5.98. The van der Waals surface area contributed by atoms with Gasteiger partial charge in [-0.25, -0.2) is 0 Å². The van der Waals surface area contributed by atoms with Gasteiger partial charge in [0, 0.05) is 0 Å². The van der Waals surface area contributed by atoms with Crippen molar-refractivity contribution in [2.75, 3.05) is 0 Å². The van der Waals surface area contributed by atoms with Gasteiger partial charge in [0.05, 0.1) is 17.6 Å². The quantitative estimate of drug-likeness (QED) is 0.524. The van der Waals surface area contributed by atoms with Crippen molar-refractivity contribution in [3.05, 3.63) is 0 Å². The highest BCUT2D eigenvalue weighted by Crippen LogP contribution is 2.31. The van der Waals surface area contributed by atoms with E-state index >= 15 is 0 Å². The zero-order chi connectivity index (χ0) is 6.15. The highest BCUT2D eigenvalue weighted by atomic mass is 35.5. The molecule has 0 saturated heterocycles. The Bertz CT molecular complexity index is 82.6. The van der Waals surface area contributed by atoms with E-state index in [1.54, 1.807) is 0 Å². The molecule has 0 aromatic carbocycles. The average molecular weight is 135 g/mol. The Morgan fingerprint density at radius 3 is 2.25 bits per heavy atom. The van der Waals surface area contributed by atoms with E-state index in [-0.39, 0.29) is 0 Å². The van der Waals surface area contributed by atoms with Crippen molar-refractivity contribution in [3.8, 4) is 0 Å². The van der Waals surface area contributed by atoms with Crippen LogP contribution in [0.15, 0.2) is 0 Å². The molecule has 2 atom stereocenters. The highest BCUT2D eigenvalue weighted by molar-refractivity contribution is 6.23. The first-order chi connectivity index (χ1) is 3.70. The van der Waals surface area contributed by atoms with E-state index in [9.17, 15) is 0 Å². The molecule has 1 aliphatic carbocycles. The topological polar surface area (TPSA) is 9.23 Å². The molecule has 0 aliphatic heterocycles. The van der Waals surface area contributed by atoms with E-state index < -0.39 is 0 Å². The molecule has 2 heteroatoms. The number of ether oxygens (including phenoxy) is 1. The van der Waals surface area contributed by atoms with Gasteiger partial charge in [-0.3, -0.25) is 0 Å². The monoisotopic (exact) mass is 134 g/mol. The molecule has 0 N–H and O–H groups in total. The third kappa shape index (κ3) is 1.64. The third-order valence-corrected chi connectivity index (χ3v) is 1.56. The predicted molar refractivity (Wildman–Crippen MR) is 34.3 cm³/mol. The van der Waals surface area contributed by atoms with Gasteiger partial charge in [0.15, 0.2) is 0 Å². The Morgan fingerprint density at radius 1 is 1.62 bits per heavy atom. The van der Waals surface area contributed by atoms with E-state index in [4.69, 9.17) is 16.3 Å². The first kappa shape index (κ1) is 6.37. The lowest BCUT2D eigenvalue weighted by Crippen LogP contribution is -2.05. The Balaban J connectivity index is 2.05. The van der Waals surface area contributed by atoms with Crippen LogP contribution in [-0.2, 0) is 4.74 Å². The number of hydrogen-bond donors (Lipinski definition) is 0.